The van der Waals surface area contributed by atoms with Gasteiger partial charge in [0, 0.05) is 6.54 Å². The lowest BCUT2D eigenvalue weighted by atomic mass is 9.89. The molecule has 5 aromatic carbocycles. The van der Waals surface area contributed by atoms with Crippen LogP contribution in [0.2, 0.25) is 0 Å². The maximum Gasteiger partial charge on any atom is 0.266 e. The molecule has 0 bridgehead atoms. The van der Waals surface area contributed by atoms with Gasteiger partial charge in [-0.1, -0.05) is 103 Å². The fourth-order valence-electron chi connectivity index (χ4n) is 5.87. The van der Waals surface area contributed by atoms with E-state index in [2.05, 4.69) is 12.1 Å². The molecule has 1 atom stereocenters. The molecule has 1 heterocycles. The van der Waals surface area contributed by atoms with E-state index in [9.17, 15) is 9.59 Å². The van der Waals surface area contributed by atoms with Gasteiger partial charge in [0.05, 0.1) is 35.7 Å². The zero-order valence-corrected chi connectivity index (χ0v) is 25.4. The van der Waals surface area contributed by atoms with E-state index in [0.717, 1.165) is 16.7 Å². The fourth-order valence-corrected chi connectivity index (χ4v) is 5.87. The topological polar surface area (TPSA) is 64.4 Å². The molecule has 0 saturated heterocycles. The Balaban J connectivity index is 1.51. The predicted molar refractivity (Wildman–Crippen MR) is 179 cm³/mol. The molecule has 1 aromatic heterocycles. The Kier molecular flexibility index (Phi) is 8.83. The van der Waals surface area contributed by atoms with Crippen LogP contribution < -0.4 is 10.3 Å². The maximum absolute atomic E-state index is 15.0. The van der Waals surface area contributed by atoms with E-state index >= 15 is 0 Å². The molecule has 0 aliphatic carbocycles. The molecule has 6 aromatic rings. The SMILES string of the molecule is COc1ccc(-n2c(C(C)N(CCc3ccccc3)C(=O)C(c3ccccc3)c3ccccc3)nc3ccccc3c2=O)cc1. The van der Waals surface area contributed by atoms with Crippen LogP contribution in [0.1, 0.15) is 41.4 Å². The Morgan fingerprint density at radius 3 is 1.91 bits per heavy atom. The maximum atomic E-state index is 15.0. The Bertz CT molecular complexity index is 1900. The van der Waals surface area contributed by atoms with Crippen molar-refractivity contribution in [1.29, 1.82) is 0 Å². The molecular weight excluding hydrogens is 558 g/mol. The first-order chi connectivity index (χ1) is 22.0. The van der Waals surface area contributed by atoms with Gasteiger partial charge in [0.2, 0.25) is 5.91 Å². The normalized spacial score (nSPS) is 11.8. The summed E-state index contributed by atoms with van der Waals surface area (Å²) < 4.78 is 7.02. The standard InChI is InChI=1S/C39H35N3O3/c1-28(37-40-35-21-13-12-20-34(35)38(43)42(37)32-22-24-33(45-2)25-23-32)41(27-26-29-14-6-3-7-15-29)39(44)36(30-16-8-4-9-17-30)31-18-10-5-11-19-31/h3-25,28,36H,26-27H2,1-2H3. The van der Waals surface area contributed by atoms with Crippen molar-refractivity contribution in [1.82, 2.24) is 14.5 Å². The van der Waals surface area contributed by atoms with Crippen LogP contribution in [-0.2, 0) is 11.2 Å². The van der Waals surface area contributed by atoms with E-state index in [0.29, 0.717) is 41.1 Å². The summed E-state index contributed by atoms with van der Waals surface area (Å²) in [5, 5.41) is 0.512. The molecule has 224 valence electrons. The third-order valence-corrected chi connectivity index (χ3v) is 8.25. The average Bonchev–Trinajstić information content (AvgIpc) is 3.10. The lowest BCUT2D eigenvalue weighted by Gasteiger charge is -2.34. The van der Waals surface area contributed by atoms with Crippen LogP contribution in [0, 0.1) is 0 Å². The monoisotopic (exact) mass is 593 g/mol. The first-order valence-electron chi connectivity index (χ1n) is 15.2. The van der Waals surface area contributed by atoms with Crippen LogP contribution in [0.5, 0.6) is 5.75 Å². The first-order valence-corrected chi connectivity index (χ1v) is 15.2. The third kappa shape index (κ3) is 6.27. The lowest BCUT2D eigenvalue weighted by molar-refractivity contribution is -0.134. The molecule has 0 spiro atoms. The van der Waals surface area contributed by atoms with Gasteiger partial charge in [0.1, 0.15) is 11.6 Å². The second-order valence-corrected chi connectivity index (χ2v) is 11.0. The smallest absolute Gasteiger partial charge is 0.266 e. The zero-order valence-electron chi connectivity index (χ0n) is 25.4. The minimum Gasteiger partial charge on any atom is -0.497 e. The molecule has 0 aliphatic heterocycles. The van der Waals surface area contributed by atoms with Gasteiger partial charge in [0.15, 0.2) is 0 Å². The Hall–Kier alpha value is -5.49. The van der Waals surface area contributed by atoms with E-state index < -0.39 is 12.0 Å². The summed E-state index contributed by atoms with van der Waals surface area (Å²) in [6.07, 6.45) is 0.646. The number of hydrogen-bond donors (Lipinski definition) is 0. The summed E-state index contributed by atoms with van der Waals surface area (Å²) in [5.41, 5.74) is 3.99. The van der Waals surface area contributed by atoms with Gasteiger partial charge in [-0.3, -0.25) is 14.2 Å². The highest BCUT2D eigenvalue weighted by Crippen LogP contribution is 2.32. The summed E-state index contributed by atoms with van der Waals surface area (Å²) in [5.74, 6) is 0.584. The summed E-state index contributed by atoms with van der Waals surface area (Å²) in [7, 11) is 1.61. The van der Waals surface area contributed by atoms with E-state index in [4.69, 9.17) is 9.72 Å². The van der Waals surface area contributed by atoms with Gasteiger partial charge in [-0.05, 0) is 66.4 Å². The highest BCUT2D eigenvalue weighted by Gasteiger charge is 2.33. The number of benzene rings is 5. The Morgan fingerprint density at radius 2 is 1.31 bits per heavy atom. The highest BCUT2D eigenvalue weighted by atomic mass is 16.5. The number of hydrogen-bond acceptors (Lipinski definition) is 4. The van der Waals surface area contributed by atoms with E-state index in [-0.39, 0.29) is 11.5 Å². The van der Waals surface area contributed by atoms with E-state index in [1.165, 1.54) is 0 Å². The van der Waals surface area contributed by atoms with Gasteiger partial charge in [0.25, 0.3) is 5.56 Å². The van der Waals surface area contributed by atoms with Crippen molar-refractivity contribution in [3.63, 3.8) is 0 Å². The van der Waals surface area contributed by atoms with Crippen LogP contribution >= 0.6 is 0 Å². The summed E-state index contributed by atoms with van der Waals surface area (Å²) >= 11 is 0. The predicted octanol–water partition coefficient (Wildman–Crippen LogP) is 7.36. The van der Waals surface area contributed by atoms with Crippen LogP contribution in [0.4, 0.5) is 0 Å². The number of aromatic nitrogens is 2. The molecule has 6 heteroatoms. The minimum atomic E-state index is -0.546. The van der Waals surface area contributed by atoms with Crippen molar-refractivity contribution in [2.24, 2.45) is 0 Å². The Morgan fingerprint density at radius 1 is 0.756 bits per heavy atom. The first kappa shape index (κ1) is 29.6. The zero-order chi connectivity index (χ0) is 31.2. The summed E-state index contributed by atoms with van der Waals surface area (Å²) in [6, 6.07) is 44.0. The van der Waals surface area contributed by atoms with E-state index in [1.807, 2.05) is 133 Å². The van der Waals surface area contributed by atoms with Gasteiger partial charge in [-0.25, -0.2) is 4.98 Å². The number of amides is 1. The minimum absolute atomic E-state index is 0.0560. The number of methoxy groups -OCH3 is 1. The molecule has 0 aliphatic rings. The fraction of sp³-hybridized carbons (Fsp3) is 0.154. The number of rotatable bonds is 10. The van der Waals surface area contributed by atoms with Crippen molar-refractivity contribution in [2.75, 3.05) is 13.7 Å². The third-order valence-electron chi connectivity index (χ3n) is 8.25. The summed E-state index contributed by atoms with van der Waals surface area (Å²) in [4.78, 5) is 36.0. The van der Waals surface area contributed by atoms with Crippen molar-refractivity contribution in [3.05, 3.63) is 172 Å². The molecule has 0 saturated carbocycles. The second-order valence-electron chi connectivity index (χ2n) is 11.0. The highest BCUT2D eigenvalue weighted by molar-refractivity contribution is 5.87. The second kappa shape index (κ2) is 13.4. The van der Waals surface area contributed by atoms with Crippen LogP contribution in [-0.4, -0.2) is 34.0 Å². The summed E-state index contributed by atoms with van der Waals surface area (Å²) in [6.45, 7) is 2.40. The van der Waals surface area contributed by atoms with Crippen molar-refractivity contribution >= 4 is 16.8 Å². The molecule has 0 fully saturated rings. The number of para-hydroxylation sites is 1. The molecule has 0 radical (unpaired) electrons. The molecule has 45 heavy (non-hydrogen) atoms. The van der Waals surface area contributed by atoms with Gasteiger partial charge in [-0.2, -0.15) is 0 Å². The van der Waals surface area contributed by atoms with Crippen LogP contribution in [0.3, 0.4) is 0 Å². The van der Waals surface area contributed by atoms with Gasteiger partial charge in [-0.15, -0.1) is 0 Å². The van der Waals surface area contributed by atoms with Gasteiger partial charge < -0.3 is 9.64 Å². The number of ether oxygens (including phenoxy) is 1. The molecule has 6 nitrogen and oxygen atoms in total. The number of nitrogens with zero attached hydrogens (tertiary/aromatic N) is 3. The van der Waals surface area contributed by atoms with Crippen molar-refractivity contribution in [3.8, 4) is 11.4 Å². The quantitative estimate of drug-likeness (QED) is 0.167. The number of fused-ring (bicyclic) bond motifs is 1. The molecule has 6 rings (SSSR count). The van der Waals surface area contributed by atoms with Crippen LogP contribution in [0.25, 0.3) is 16.6 Å². The molecule has 1 amide bonds. The largest absolute Gasteiger partial charge is 0.497 e. The lowest BCUT2D eigenvalue weighted by Crippen LogP contribution is -2.41. The Labute approximate surface area is 263 Å². The van der Waals surface area contributed by atoms with Crippen molar-refractivity contribution < 1.29 is 9.53 Å². The molecule has 0 N–H and O–H groups in total. The molecular formula is C39H35N3O3. The number of carbonyl (C=O) groups is 1. The van der Waals surface area contributed by atoms with Crippen molar-refractivity contribution in [2.45, 2.75) is 25.3 Å². The van der Waals surface area contributed by atoms with Crippen LogP contribution in [0.15, 0.2) is 144 Å². The van der Waals surface area contributed by atoms with E-state index in [1.54, 1.807) is 17.7 Å². The average molecular weight is 594 g/mol. The van der Waals surface area contributed by atoms with Gasteiger partial charge >= 0.3 is 0 Å². The number of carbonyl (C=O) groups excluding carboxylic acids is 1. The molecule has 1 unspecified atom stereocenters.